The van der Waals surface area contributed by atoms with Crippen LogP contribution < -0.4 is 9.47 Å². The van der Waals surface area contributed by atoms with Crippen molar-refractivity contribution in [2.75, 3.05) is 34.2 Å². The number of ether oxygens (including phenoxy) is 3. The quantitative estimate of drug-likeness (QED) is 0.672. The zero-order valence-corrected chi connectivity index (χ0v) is 16.7. The number of methoxy groups -OCH3 is 2. The highest BCUT2D eigenvalue weighted by atomic mass is 16.7. The first-order chi connectivity index (χ1) is 13.6. The van der Waals surface area contributed by atoms with E-state index in [0.717, 1.165) is 34.4 Å². The normalized spacial score (nSPS) is 13.0. The molecule has 0 aliphatic carbocycles. The smallest absolute Gasteiger partial charge is 0.254 e. The van der Waals surface area contributed by atoms with Gasteiger partial charge in [0.15, 0.2) is 6.79 Å². The van der Waals surface area contributed by atoms with E-state index in [2.05, 4.69) is 0 Å². The second-order valence-electron chi connectivity index (χ2n) is 6.88. The monoisotopic (exact) mass is 385 g/mol. The Labute approximate surface area is 165 Å². The summed E-state index contributed by atoms with van der Waals surface area (Å²) in [5, 5.41) is 9.42. The number of carbonyl (C=O) groups is 1. The van der Waals surface area contributed by atoms with Gasteiger partial charge in [-0.05, 0) is 54.7 Å². The SMILES string of the molecule is COCOc1c(CCO)c(C)cc2c1CN(CCc1ccc(OC)cc1)C2=O. The van der Waals surface area contributed by atoms with Gasteiger partial charge in [0, 0.05) is 31.4 Å². The number of carbonyl (C=O) groups excluding carboxylic acids is 1. The number of hydrogen-bond acceptors (Lipinski definition) is 5. The Balaban J connectivity index is 1.80. The van der Waals surface area contributed by atoms with Crippen molar-refractivity contribution in [2.45, 2.75) is 26.3 Å². The summed E-state index contributed by atoms with van der Waals surface area (Å²) >= 11 is 0. The first-order valence-corrected chi connectivity index (χ1v) is 9.39. The zero-order valence-electron chi connectivity index (χ0n) is 16.7. The number of rotatable bonds is 9. The summed E-state index contributed by atoms with van der Waals surface area (Å²) in [5.74, 6) is 1.51. The molecule has 6 heteroatoms. The van der Waals surface area contributed by atoms with Gasteiger partial charge in [0.25, 0.3) is 5.91 Å². The fourth-order valence-corrected chi connectivity index (χ4v) is 3.61. The maximum Gasteiger partial charge on any atom is 0.254 e. The van der Waals surface area contributed by atoms with E-state index in [9.17, 15) is 9.90 Å². The number of benzene rings is 2. The van der Waals surface area contributed by atoms with Crippen LogP contribution in [0.2, 0.25) is 0 Å². The van der Waals surface area contributed by atoms with Gasteiger partial charge in [0.05, 0.1) is 13.7 Å². The molecule has 1 amide bonds. The van der Waals surface area contributed by atoms with Gasteiger partial charge in [0.1, 0.15) is 11.5 Å². The average Bonchev–Trinajstić information content (AvgIpc) is 3.02. The van der Waals surface area contributed by atoms with Crippen LogP contribution in [0.15, 0.2) is 30.3 Å². The lowest BCUT2D eigenvalue weighted by Gasteiger charge is -2.17. The fraction of sp³-hybridized carbons (Fsp3) is 0.409. The van der Waals surface area contributed by atoms with Crippen LogP contribution in [0.4, 0.5) is 0 Å². The number of hydrogen-bond donors (Lipinski definition) is 1. The standard InChI is InChI=1S/C22H27NO5/c1-15-12-19-20(21(28-14-26-2)18(15)9-11-24)13-23(22(19)25)10-8-16-4-6-17(27-3)7-5-16/h4-7,12,24H,8-11,13-14H2,1-3H3. The van der Waals surface area contributed by atoms with Crippen molar-refractivity contribution in [2.24, 2.45) is 0 Å². The maximum absolute atomic E-state index is 12.9. The van der Waals surface area contributed by atoms with E-state index in [-0.39, 0.29) is 19.3 Å². The number of aryl methyl sites for hydroxylation is 1. The van der Waals surface area contributed by atoms with Crippen LogP contribution in [0.25, 0.3) is 0 Å². The molecule has 0 unspecified atom stereocenters. The third-order valence-electron chi connectivity index (χ3n) is 5.09. The van der Waals surface area contributed by atoms with Gasteiger partial charge in [-0.15, -0.1) is 0 Å². The summed E-state index contributed by atoms with van der Waals surface area (Å²) in [7, 11) is 3.21. The first kappa shape index (κ1) is 20.2. The summed E-state index contributed by atoms with van der Waals surface area (Å²) in [5.41, 5.74) is 4.59. The summed E-state index contributed by atoms with van der Waals surface area (Å²) in [4.78, 5) is 14.8. The molecule has 3 rings (SSSR count). The van der Waals surface area contributed by atoms with Crippen molar-refractivity contribution < 1.29 is 24.1 Å². The van der Waals surface area contributed by atoms with Crippen molar-refractivity contribution in [3.05, 3.63) is 58.1 Å². The Hall–Kier alpha value is -2.57. The Morgan fingerprint density at radius 2 is 1.89 bits per heavy atom. The van der Waals surface area contributed by atoms with Crippen molar-refractivity contribution >= 4 is 5.91 Å². The molecule has 28 heavy (non-hydrogen) atoms. The van der Waals surface area contributed by atoms with Gasteiger partial charge in [0.2, 0.25) is 0 Å². The summed E-state index contributed by atoms with van der Waals surface area (Å²) in [6.45, 7) is 3.20. The summed E-state index contributed by atoms with van der Waals surface area (Å²) in [6.07, 6.45) is 1.25. The molecule has 1 aliphatic rings. The highest BCUT2D eigenvalue weighted by molar-refractivity contribution is 5.99. The molecule has 0 atom stereocenters. The third-order valence-corrected chi connectivity index (χ3v) is 5.09. The molecule has 0 aromatic heterocycles. The molecule has 6 nitrogen and oxygen atoms in total. The van der Waals surface area contributed by atoms with E-state index in [1.165, 1.54) is 0 Å². The van der Waals surface area contributed by atoms with Crippen molar-refractivity contribution in [1.29, 1.82) is 0 Å². The molecule has 2 aromatic carbocycles. The highest BCUT2D eigenvalue weighted by Crippen LogP contribution is 2.36. The van der Waals surface area contributed by atoms with Gasteiger partial charge in [-0.1, -0.05) is 12.1 Å². The van der Waals surface area contributed by atoms with Gasteiger partial charge < -0.3 is 24.2 Å². The van der Waals surface area contributed by atoms with E-state index in [1.807, 2.05) is 42.2 Å². The van der Waals surface area contributed by atoms with Crippen molar-refractivity contribution in [3.63, 3.8) is 0 Å². The van der Waals surface area contributed by atoms with Crippen LogP contribution >= 0.6 is 0 Å². The molecule has 1 aliphatic heterocycles. The summed E-state index contributed by atoms with van der Waals surface area (Å²) < 4.78 is 16.1. The molecule has 150 valence electrons. The van der Waals surface area contributed by atoms with E-state index >= 15 is 0 Å². The number of aliphatic hydroxyl groups is 1. The number of fused-ring (bicyclic) bond motifs is 1. The second-order valence-corrected chi connectivity index (χ2v) is 6.88. The van der Waals surface area contributed by atoms with Crippen LogP contribution in [0.1, 0.15) is 32.6 Å². The molecule has 0 fully saturated rings. The maximum atomic E-state index is 12.9. The van der Waals surface area contributed by atoms with Crippen LogP contribution in [0.5, 0.6) is 11.5 Å². The molecule has 1 heterocycles. The molecule has 0 radical (unpaired) electrons. The Kier molecular flexibility index (Phi) is 6.54. The topological polar surface area (TPSA) is 68.2 Å². The predicted octanol–water partition coefficient (Wildman–Crippen LogP) is 2.72. The van der Waals surface area contributed by atoms with E-state index in [4.69, 9.17) is 14.2 Å². The molecule has 0 spiro atoms. The molecular weight excluding hydrogens is 358 g/mol. The Morgan fingerprint density at radius 1 is 1.14 bits per heavy atom. The molecule has 0 saturated carbocycles. The highest BCUT2D eigenvalue weighted by Gasteiger charge is 2.32. The van der Waals surface area contributed by atoms with Crippen LogP contribution in [-0.2, 0) is 24.1 Å². The lowest BCUT2D eigenvalue weighted by molar-refractivity contribution is 0.0492. The van der Waals surface area contributed by atoms with Crippen molar-refractivity contribution in [1.82, 2.24) is 4.90 Å². The number of amides is 1. The largest absolute Gasteiger partial charge is 0.497 e. The van der Waals surface area contributed by atoms with Gasteiger partial charge in [-0.2, -0.15) is 0 Å². The fourth-order valence-electron chi connectivity index (χ4n) is 3.61. The minimum atomic E-state index is 0.0180. The van der Waals surface area contributed by atoms with Crippen LogP contribution in [-0.4, -0.2) is 50.1 Å². The van der Waals surface area contributed by atoms with E-state index < -0.39 is 0 Å². The minimum Gasteiger partial charge on any atom is -0.497 e. The number of aliphatic hydroxyl groups excluding tert-OH is 1. The Bertz CT molecular complexity index is 832. The average molecular weight is 385 g/mol. The van der Waals surface area contributed by atoms with Gasteiger partial charge in [-0.3, -0.25) is 4.79 Å². The molecular formula is C22H27NO5. The van der Waals surface area contributed by atoms with Gasteiger partial charge >= 0.3 is 0 Å². The molecule has 0 saturated heterocycles. The third kappa shape index (κ3) is 4.13. The lowest BCUT2D eigenvalue weighted by atomic mass is 9.97. The van der Waals surface area contributed by atoms with E-state index in [0.29, 0.717) is 30.8 Å². The zero-order chi connectivity index (χ0) is 20.1. The molecule has 0 bridgehead atoms. The molecule has 2 aromatic rings. The van der Waals surface area contributed by atoms with Crippen molar-refractivity contribution in [3.8, 4) is 11.5 Å². The predicted molar refractivity (Wildman–Crippen MR) is 106 cm³/mol. The van der Waals surface area contributed by atoms with Crippen LogP contribution in [0, 0.1) is 6.92 Å². The molecule has 1 N–H and O–H groups in total. The number of nitrogens with zero attached hydrogens (tertiary/aromatic N) is 1. The summed E-state index contributed by atoms with van der Waals surface area (Å²) in [6, 6.07) is 9.80. The first-order valence-electron chi connectivity index (χ1n) is 9.39. The second kappa shape index (κ2) is 9.08. The lowest BCUT2D eigenvalue weighted by Crippen LogP contribution is -2.26. The van der Waals surface area contributed by atoms with E-state index in [1.54, 1.807) is 14.2 Å². The Morgan fingerprint density at radius 3 is 2.54 bits per heavy atom. The van der Waals surface area contributed by atoms with Gasteiger partial charge in [-0.25, -0.2) is 0 Å². The minimum absolute atomic E-state index is 0.0180. The van der Waals surface area contributed by atoms with Crippen LogP contribution in [0.3, 0.4) is 0 Å².